The number of amidine groups is 1. The van der Waals surface area contributed by atoms with Gasteiger partial charge >= 0.3 is 6.09 Å². The van der Waals surface area contributed by atoms with Gasteiger partial charge in [0, 0.05) is 12.2 Å². The van der Waals surface area contributed by atoms with Gasteiger partial charge in [-0.15, -0.1) is 0 Å². The molecule has 0 unspecified atom stereocenters. The highest BCUT2D eigenvalue weighted by molar-refractivity contribution is 5.93. The average Bonchev–Trinajstić information content (AvgIpc) is 2.30. The van der Waals surface area contributed by atoms with Gasteiger partial charge in [0.1, 0.15) is 5.75 Å². The van der Waals surface area contributed by atoms with E-state index in [9.17, 15) is 4.79 Å². The molecule has 0 aliphatic rings. The van der Waals surface area contributed by atoms with Crippen molar-refractivity contribution in [2.75, 3.05) is 19.0 Å². The van der Waals surface area contributed by atoms with Gasteiger partial charge in [0.25, 0.3) is 6.02 Å². The Bertz CT molecular complexity index is 401. The van der Waals surface area contributed by atoms with Crippen molar-refractivity contribution in [1.82, 2.24) is 0 Å². The van der Waals surface area contributed by atoms with Gasteiger partial charge in [-0.25, -0.2) is 9.79 Å². The van der Waals surface area contributed by atoms with Crippen LogP contribution in [0.5, 0.6) is 5.75 Å². The number of nitrogens with two attached hydrogens (primary N) is 1. The van der Waals surface area contributed by atoms with Crippen LogP contribution in [-0.4, -0.2) is 25.8 Å². The molecule has 0 atom stereocenters. The Morgan fingerprint density at radius 3 is 2.59 bits per heavy atom. The van der Waals surface area contributed by atoms with Crippen LogP contribution in [0.25, 0.3) is 0 Å². The molecule has 6 nitrogen and oxygen atoms in total. The van der Waals surface area contributed by atoms with Gasteiger partial charge in [-0.1, -0.05) is 0 Å². The van der Waals surface area contributed by atoms with Gasteiger partial charge in [-0.05, 0) is 31.2 Å². The Kier molecular flexibility index (Phi) is 4.80. The van der Waals surface area contributed by atoms with E-state index in [1.54, 1.807) is 38.3 Å². The minimum atomic E-state index is -0.676. The zero-order valence-corrected chi connectivity index (χ0v) is 9.77. The number of hydrogen-bond donors (Lipinski definition) is 2. The van der Waals surface area contributed by atoms with Crippen LogP contribution in [0.3, 0.4) is 0 Å². The fraction of sp³-hybridized carbons (Fsp3) is 0.273. The quantitative estimate of drug-likeness (QED) is 0.617. The summed E-state index contributed by atoms with van der Waals surface area (Å²) in [5.41, 5.74) is 5.91. The summed E-state index contributed by atoms with van der Waals surface area (Å²) in [5, 5.41) is 2.50. The Labute approximate surface area is 99.4 Å². The van der Waals surface area contributed by atoms with Crippen molar-refractivity contribution < 1.29 is 14.3 Å². The van der Waals surface area contributed by atoms with Gasteiger partial charge in [0.2, 0.25) is 0 Å². The molecular weight excluding hydrogens is 222 g/mol. The number of carbonyl (C=O) groups is 1. The van der Waals surface area contributed by atoms with Gasteiger partial charge in [0.15, 0.2) is 0 Å². The average molecular weight is 237 g/mol. The smallest absolute Gasteiger partial charge is 0.419 e. The van der Waals surface area contributed by atoms with E-state index >= 15 is 0 Å². The second-order valence-electron chi connectivity index (χ2n) is 3.06. The fourth-order valence-electron chi connectivity index (χ4n) is 1.10. The van der Waals surface area contributed by atoms with Gasteiger partial charge < -0.3 is 15.2 Å². The number of anilines is 1. The molecule has 0 aliphatic carbocycles. The first-order chi connectivity index (χ1) is 8.15. The number of rotatable bonds is 3. The lowest BCUT2D eigenvalue weighted by molar-refractivity contribution is 0.211. The first-order valence-corrected chi connectivity index (χ1v) is 5.08. The highest BCUT2D eigenvalue weighted by Crippen LogP contribution is 2.14. The molecule has 1 aromatic rings. The first-order valence-electron chi connectivity index (χ1n) is 5.08. The van der Waals surface area contributed by atoms with E-state index in [4.69, 9.17) is 15.2 Å². The summed E-state index contributed by atoms with van der Waals surface area (Å²) in [6.45, 7) is 2.25. The molecular formula is C11H15N3O3. The summed E-state index contributed by atoms with van der Waals surface area (Å²) >= 11 is 0. The van der Waals surface area contributed by atoms with Crippen LogP contribution < -0.4 is 15.8 Å². The van der Waals surface area contributed by atoms with Gasteiger partial charge in [-0.2, -0.15) is 0 Å². The van der Waals surface area contributed by atoms with Crippen LogP contribution in [0.1, 0.15) is 6.92 Å². The predicted octanol–water partition coefficient (Wildman–Crippen LogP) is 1.58. The highest BCUT2D eigenvalue weighted by Gasteiger charge is 2.05. The number of amides is 1. The molecule has 1 aromatic carbocycles. The Balaban J connectivity index is 2.53. The molecule has 17 heavy (non-hydrogen) atoms. The molecule has 0 saturated carbocycles. The van der Waals surface area contributed by atoms with Crippen LogP contribution in [0, 0.1) is 0 Å². The van der Waals surface area contributed by atoms with Crippen LogP contribution in [0.2, 0.25) is 0 Å². The van der Waals surface area contributed by atoms with Crippen molar-refractivity contribution in [3.63, 3.8) is 0 Å². The van der Waals surface area contributed by atoms with Crippen molar-refractivity contribution in [3.05, 3.63) is 24.3 Å². The third-order valence-corrected chi connectivity index (χ3v) is 1.85. The minimum Gasteiger partial charge on any atom is -0.497 e. The molecule has 0 fully saturated rings. The normalized spacial score (nSPS) is 10.8. The third kappa shape index (κ3) is 4.42. The molecule has 1 rings (SSSR count). The lowest BCUT2D eigenvalue weighted by Gasteiger charge is -2.06. The number of nitrogens with zero attached hydrogens (tertiary/aromatic N) is 1. The van der Waals surface area contributed by atoms with E-state index in [2.05, 4.69) is 10.3 Å². The number of aliphatic imine (C=N–C) groups is 1. The first kappa shape index (κ1) is 12.8. The van der Waals surface area contributed by atoms with Crippen molar-refractivity contribution in [3.8, 4) is 5.75 Å². The summed E-state index contributed by atoms with van der Waals surface area (Å²) in [5.74, 6) is 0.705. The van der Waals surface area contributed by atoms with Crippen molar-refractivity contribution in [2.24, 2.45) is 10.7 Å². The maximum absolute atomic E-state index is 11.3. The zero-order valence-electron chi connectivity index (χ0n) is 9.77. The van der Waals surface area contributed by atoms with Gasteiger partial charge in [-0.3, -0.25) is 5.32 Å². The fourth-order valence-corrected chi connectivity index (χ4v) is 1.10. The number of benzene rings is 1. The Hall–Kier alpha value is -2.24. The topological polar surface area (TPSA) is 85.9 Å². The molecule has 0 heterocycles. The number of ether oxygens (including phenoxy) is 2. The van der Waals surface area contributed by atoms with E-state index in [0.717, 1.165) is 0 Å². The van der Waals surface area contributed by atoms with Crippen LogP contribution in [0.4, 0.5) is 10.5 Å². The van der Waals surface area contributed by atoms with Crippen LogP contribution >= 0.6 is 0 Å². The summed E-state index contributed by atoms with van der Waals surface area (Å²) in [6, 6.07) is 6.66. The van der Waals surface area contributed by atoms with Gasteiger partial charge in [0.05, 0.1) is 7.11 Å². The summed E-state index contributed by atoms with van der Waals surface area (Å²) < 4.78 is 9.69. The van der Waals surface area contributed by atoms with E-state index < -0.39 is 6.09 Å². The third-order valence-electron chi connectivity index (χ3n) is 1.85. The molecule has 0 aliphatic heterocycles. The molecule has 6 heteroatoms. The summed E-state index contributed by atoms with van der Waals surface area (Å²) in [7, 11) is 1.57. The number of nitrogens with one attached hydrogen (secondary N) is 1. The van der Waals surface area contributed by atoms with E-state index in [1.807, 2.05) is 0 Å². The number of methoxy groups -OCH3 is 1. The molecule has 92 valence electrons. The maximum Gasteiger partial charge on any atom is 0.419 e. The highest BCUT2D eigenvalue weighted by atomic mass is 16.6. The van der Waals surface area contributed by atoms with Crippen LogP contribution in [0.15, 0.2) is 29.3 Å². The zero-order chi connectivity index (χ0) is 12.7. The maximum atomic E-state index is 11.3. The van der Waals surface area contributed by atoms with Crippen molar-refractivity contribution in [1.29, 1.82) is 0 Å². The summed E-state index contributed by atoms with van der Waals surface area (Å²) in [4.78, 5) is 15.1. The standard InChI is InChI=1S/C11H15N3O3/c1-3-13-10(12)17-11(15)14-8-4-6-9(16-2)7-5-8/h4-7H,3H2,1-2H3,(H2,12,13)(H,14,15). The lowest BCUT2D eigenvalue weighted by Crippen LogP contribution is -2.24. The van der Waals surface area contributed by atoms with E-state index in [1.165, 1.54) is 0 Å². The molecule has 0 aromatic heterocycles. The Morgan fingerprint density at radius 1 is 1.41 bits per heavy atom. The molecule has 1 amide bonds. The molecule has 0 radical (unpaired) electrons. The Morgan fingerprint density at radius 2 is 2.06 bits per heavy atom. The largest absolute Gasteiger partial charge is 0.497 e. The van der Waals surface area contributed by atoms with E-state index in [-0.39, 0.29) is 6.02 Å². The minimum absolute atomic E-state index is 0.154. The number of carbonyl (C=O) groups excluding carboxylic acids is 1. The number of hydrogen-bond acceptors (Lipinski definition) is 4. The van der Waals surface area contributed by atoms with E-state index in [0.29, 0.717) is 18.0 Å². The predicted molar refractivity (Wildman–Crippen MR) is 65.3 cm³/mol. The molecule has 3 N–H and O–H groups in total. The SMILES string of the molecule is CCN=C(N)OC(=O)Nc1ccc(OC)cc1. The molecule has 0 bridgehead atoms. The lowest BCUT2D eigenvalue weighted by atomic mass is 10.3. The second-order valence-corrected chi connectivity index (χ2v) is 3.06. The second kappa shape index (κ2) is 6.37. The summed E-state index contributed by atoms with van der Waals surface area (Å²) in [6.07, 6.45) is -0.676. The van der Waals surface area contributed by atoms with Crippen molar-refractivity contribution in [2.45, 2.75) is 6.92 Å². The molecule has 0 saturated heterocycles. The van der Waals surface area contributed by atoms with Crippen LogP contribution in [-0.2, 0) is 4.74 Å². The molecule has 0 spiro atoms. The monoisotopic (exact) mass is 237 g/mol. The van der Waals surface area contributed by atoms with Crippen molar-refractivity contribution >= 4 is 17.8 Å².